The van der Waals surface area contributed by atoms with E-state index in [1.807, 2.05) is 12.1 Å². The van der Waals surface area contributed by atoms with E-state index < -0.39 is 0 Å². The number of hydrogen-bond acceptors (Lipinski definition) is 2. The van der Waals surface area contributed by atoms with Crippen LogP contribution in [0.1, 0.15) is 18.4 Å². The minimum Gasteiger partial charge on any atom is -0.508 e. The average Bonchev–Trinajstić information content (AvgIpc) is 2.19. The Morgan fingerprint density at radius 1 is 1.29 bits per heavy atom. The smallest absolute Gasteiger partial charge is 0.115 e. The van der Waals surface area contributed by atoms with E-state index in [1.54, 1.807) is 6.07 Å². The predicted molar refractivity (Wildman–Crippen MR) is 61.9 cm³/mol. The largest absolute Gasteiger partial charge is 0.508 e. The van der Waals surface area contributed by atoms with Crippen LogP contribution < -0.4 is 0 Å². The Morgan fingerprint density at radius 2 is 2.07 bits per heavy atom. The number of hydrogen-bond donors (Lipinski definition) is 1. The Bertz CT molecular complexity index is 292. The van der Waals surface area contributed by atoms with Crippen molar-refractivity contribution in [3.05, 3.63) is 29.8 Å². The van der Waals surface area contributed by atoms with Gasteiger partial charge in [-0.05, 0) is 54.4 Å². The predicted octanol–water partition coefficient (Wildman–Crippen LogP) is 3.08. The molecule has 0 amide bonds. The molecule has 76 valence electrons. The third-order valence-corrected chi connectivity index (χ3v) is 3.82. The number of phenols is 1. The molecule has 0 spiro atoms. The molecule has 0 atom stereocenters. The first kappa shape index (κ1) is 9.91. The van der Waals surface area contributed by atoms with Gasteiger partial charge in [0.15, 0.2) is 0 Å². The molecule has 2 heteroatoms. The summed E-state index contributed by atoms with van der Waals surface area (Å²) in [5.74, 6) is 3.85. The van der Waals surface area contributed by atoms with Gasteiger partial charge in [0.25, 0.3) is 0 Å². The fourth-order valence-corrected chi connectivity index (χ4v) is 3.17. The van der Waals surface area contributed by atoms with E-state index in [-0.39, 0.29) is 0 Å². The van der Waals surface area contributed by atoms with Crippen LogP contribution in [0.5, 0.6) is 5.75 Å². The second-order valence-corrected chi connectivity index (χ2v) is 5.15. The number of rotatable bonds is 2. The van der Waals surface area contributed by atoms with Crippen LogP contribution in [0.3, 0.4) is 0 Å². The Labute approximate surface area is 89.5 Å². The lowest BCUT2D eigenvalue weighted by molar-refractivity contribution is 0.467. The minimum absolute atomic E-state index is 0.396. The Hall–Kier alpha value is -0.630. The quantitative estimate of drug-likeness (QED) is 0.806. The van der Waals surface area contributed by atoms with Gasteiger partial charge >= 0.3 is 0 Å². The molecule has 1 aromatic carbocycles. The van der Waals surface area contributed by atoms with Crippen molar-refractivity contribution in [1.82, 2.24) is 0 Å². The van der Waals surface area contributed by atoms with Gasteiger partial charge in [-0.2, -0.15) is 11.8 Å². The maximum absolute atomic E-state index is 9.34. The van der Waals surface area contributed by atoms with E-state index in [4.69, 9.17) is 0 Å². The zero-order valence-electron chi connectivity index (χ0n) is 8.28. The highest BCUT2D eigenvalue weighted by Gasteiger charge is 2.13. The Morgan fingerprint density at radius 3 is 2.79 bits per heavy atom. The van der Waals surface area contributed by atoms with Crippen LogP contribution >= 0.6 is 11.8 Å². The summed E-state index contributed by atoms with van der Waals surface area (Å²) in [7, 11) is 0. The van der Waals surface area contributed by atoms with E-state index in [9.17, 15) is 5.11 Å². The fraction of sp³-hybridized carbons (Fsp3) is 0.500. The second-order valence-electron chi connectivity index (χ2n) is 3.93. The summed E-state index contributed by atoms with van der Waals surface area (Å²) in [6.07, 6.45) is 3.80. The molecule has 0 radical (unpaired) electrons. The van der Waals surface area contributed by atoms with Crippen molar-refractivity contribution in [3.8, 4) is 5.75 Å². The average molecular weight is 208 g/mol. The highest BCUT2D eigenvalue weighted by atomic mass is 32.2. The Balaban J connectivity index is 1.95. The molecule has 1 aromatic rings. The molecule has 1 aliphatic heterocycles. The lowest BCUT2D eigenvalue weighted by Gasteiger charge is -2.21. The third kappa shape index (κ3) is 2.68. The molecule has 0 saturated carbocycles. The Kier molecular flexibility index (Phi) is 3.35. The molecule has 14 heavy (non-hydrogen) atoms. The summed E-state index contributed by atoms with van der Waals surface area (Å²) in [6.45, 7) is 0. The van der Waals surface area contributed by atoms with Crippen LogP contribution in [0.25, 0.3) is 0 Å². The van der Waals surface area contributed by atoms with Gasteiger partial charge in [-0.3, -0.25) is 0 Å². The zero-order valence-corrected chi connectivity index (χ0v) is 9.09. The minimum atomic E-state index is 0.396. The molecule has 0 bridgehead atoms. The van der Waals surface area contributed by atoms with Gasteiger partial charge in [-0.1, -0.05) is 12.1 Å². The van der Waals surface area contributed by atoms with Crippen LogP contribution in [-0.4, -0.2) is 16.6 Å². The molecule has 1 aliphatic rings. The molecule has 1 N–H and O–H groups in total. The number of benzene rings is 1. The first-order valence-corrected chi connectivity index (χ1v) is 6.36. The third-order valence-electron chi connectivity index (χ3n) is 2.78. The van der Waals surface area contributed by atoms with E-state index in [2.05, 4.69) is 17.8 Å². The standard InChI is InChI=1S/C12H16OS/c13-12-3-1-2-11(9-12)8-10-4-6-14-7-5-10/h1-3,9-10,13H,4-8H2. The first-order chi connectivity index (χ1) is 6.84. The zero-order chi connectivity index (χ0) is 9.80. The molecule has 2 rings (SSSR count). The van der Waals surface area contributed by atoms with E-state index >= 15 is 0 Å². The van der Waals surface area contributed by atoms with Crippen molar-refractivity contribution in [2.75, 3.05) is 11.5 Å². The highest BCUT2D eigenvalue weighted by Crippen LogP contribution is 2.26. The molecule has 1 nitrogen and oxygen atoms in total. The molecule has 0 aliphatic carbocycles. The van der Waals surface area contributed by atoms with Crippen LogP contribution in [0, 0.1) is 5.92 Å². The van der Waals surface area contributed by atoms with Crippen LogP contribution in [0.15, 0.2) is 24.3 Å². The van der Waals surface area contributed by atoms with Gasteiger partial charge in [0, 0.05) is 0 Å². The van der Waals surface area contributed by atoms with Gasteiger partial charge in [0.1, 0.15) is 5.75 Å². The molecule has 1 heterocycles. The summed E-state index contributed by atoms with van der Waals surface area (Å²) in [4.78, 5) is 0. The molecule has 1 saturated heterocycles. The SMILES string of the molecule is Oc1cccc(CC2CCSCC2)c1. The van der Waals surface area contributed by atoms with Gasteiger partial charge in [-0.15, -0.1) is 0 Å². The summed E-state index contributed by atoms with van der Waals surface area (Å²) in [6, 6.07) is 7.67. The summed E-state index contributed by atoms with van der Waals surface area (Å²) < 4.78 is 0. The van der Waals surface area contributed by atoms with Crippen molar-refractivity contribution in [2.24, 2.45) is 5.92 Å². The van der Waals surface area contributed by atoms with Crippen molar-refractivity contribution >= 4 is 11.8 Å². The molecule has 0 aromatic heterocycles. The molecule has 0 unspecified atom stereocenters. The topological polar surface area (TPSA) is 20.2 Å². The van der Waals surface area contributed by atoms with E-state index in [0.717, 1.165) is 12.3 Å². The van der Waals surface area contributed by atoms with Crippen LogP contribution in [0.2, 0.25) is 0 Å². The van der Waals surface area contributed by atoms with Gasteiger partial charge in [0.2, 0.25) is 0 Å². The lowest BCUT2D eigenvalue weighted by Crippen LogP contribution is -2.12. The highest BCUT2D eigenvalue weighted by molar-refractivity contribution is 7.99. The summed E-state index contributed by atoms with van der Waals surface area (Å²) in [5.41, 5.74) is 1.28. The maximum Gasteiger partial charge on any atom is 0.115 e. The van der Waals surface area contributed by atoms with Gasteiger partial charge < -0.3 is 5.11 Å². The molecular weight excluding hydrogens is 192 g/mol. The lowest BCUT2D eigenvalue weighted by atomic mass is 9.94. The maximum atomic E-state index is 9.34. The number of aromatic hydroxyl groups is 1. The summed E-state index contributed by atoms with van der Waals surface area (Å²) >= 11 is 2.06. The van der Waals surface area contributed by atoms with Gasteiger partial charge in [-0.25, -0.2) is 0 Å². The normalized spacial score (nSPS) is 18.3. The van der Waals surface area contributed by atoms with E-state index in [1.165, 1.54) is 29.9 Å². The monoisotopic (exact) mass is 208 g/mol. The first-order valence-electron chi connectivity index (χ1n) is 5.20. The van der Waals surface area contributed by atoms with Crippen LogP contribution in [-0.2, 0) is 6.42 Å². The van der Waals surface area contributed by atoms with Crippen molar-refractivity contribution in [2.45, 2.75) is 19.3 Å². The number of phenolic OH excluding ortho intramolecular Hbond substituents is 1. The van der Waals surface area contributed by atoms with E-state index in [0.29, 0.717) is 5.75 Å². The summed E-state index contributed by atoms with van der Waals surface area (Å²) in [5, 5.41) is 9.34. The number of thioether (sulfide) groups is 1. The molecule has 1 fully saturated rings. The van der Waals surface area contributed by atoms with Crippen molar-refractivity contribution < 1.29 is 5.11 Å². The van der Waals surface area contributed by atoms with Crippen molar-refractivity contribution in [3.63, 3.8) is 0 Å². The molecular formula is C12H16OS. The second kappa shape index (κ2) is 4.74. The van der Waals surface area contributed by atoms with Crippen LogP contribution in [0.4, 0.5) is 0 Å². The fourth-order valence-electron chi connectivity index (χ4n) is 1.97. The van der Waals surface area contributed by atoms with Crippen molar-refractivity contribution in [1.29, 1.82) is 0 Å². The van der Waals surface area contributed by atoms with Gasteiger partial charge in [0.05, 0.1) is 0 Å².